The number of ether oxygens (including phenoxy) is 2. The molecule has 0 aliphatic carbocycles. The molecule has 2 fully saturated rings. The molecule has 0 radical (unpaired) electrons. The molecule has 0 aromatic carbocycles. The molecular formula is C29H50O3. The number of aliphatic hydroxyl groups is 1. The molecular weight excluding hydrogens is 396 g/mol. The number of allylic oxidation sites excluding steroid dienone is 2. The van der Waals surface area contributed by atoms with E-state index in [1.165, 1.54) is 18.4 Å². The van der Waals surface area contributed by atoms with Crippen molar-refractivity contribution in [3.8, 4) is 0 Å². The van der Waals surface area contributed by atoms with E-state index in [-0.39, 0.29) is 18.3 Å². The lowest BCUT2D eigenvalue weighted by Crippen LogP contribution is -2.24. The number of hydrogen-bond acceptors (Lipinski definition) is 3. The average molecular weight is 447 g/mol. The van der Waals surface area contributed by atoms with Gasteiger partial charge in [0.15, 0.2) is 0 Å². The molecule has 3 nitrogen and oxygen atoms in total. The van der Waals surface area contributed by atoms with Gasteiger partial charge in [0.1, 0.15) is 6.10 Å². The van der Waals surface area contributed by atoms with Crippen molar-refractivity contribution in [2.45, 2.75) is 118 Å². The van der Waals surface area contributed by atoms with Crippen LogP contribution in [0.25, 0.3) is 0 Å². The summed E-state index contributed by atoms with van der Waals surface area (Å²) in [4.78, 5) is 0. The van der Waals surface area contributed by atoms with Gasteiger partial charge in [0.05, 0.1) is 24.4 Å². The summed E-state index contributed by atoms with van der Waals surface area (Å²) in [6.07, 6.45) is 14.5. The highest BCUT2D eigenvalue weighted by Crippen LogP contribution is 2.37. The van der Waals surface area contributed by atoms with Gasteiger partial charge < -0.3 is 14.6 Å². The van der Waals surface area contributed by atoms with E-state index >= 15 is 0 Å². The van der Waals surface area contributed by atoms with Crippen LogP contribution in [-0.2, 0) is 9.47 Å². The molecule has 2 aliphatic heterocycles. The lowest BCUT2D eigenvalue weighted by atomic mass is 9.89. The Morgan fingerprint density at radius 1 is 0.844 bits per heavy atom. The number of aliphatic hydroxyl groups excluding tert-OH is 1. The van der Waals surface area contributed by atoms with E-state index in [0.29, 0.717) is 17.9 Å². The van der Waals surface area contributed by atoms with Crippen molar-refractivity contribution in [3.63, 3.8) is 0 Å². The van der Waals surface area contributed by atoms with Crippen molar-refractivity contribution in [2.75, 3.05) is 0 Å². The fourth-order valence-corrected chi connectivity index (χ4v) is 4.75. The minimum Gasteiger partial charge on any atom is -0.386 e. The Morgan fingerprint density at radius 3 is 1.72 bits per heavy atom. The Bertz CT molecular complexity index is 566. The molecule has 0 amide bonds. The molecule has 1 N–H and O–H groups in total. The topological polar surface area (TPSA) is 38.7 Å². The minimum absolute atomic E-state index is 0.0338. The number of hydrogen-bond donors (Lipinski definition) is 1. The summed E-state index contributed by atoms with van der Waals surface area (Å²) in [5, 5.41) is 10.2. The first-order valence-electron chi connectivity index (χ1n) is 12.8. The quantitative estimate of drug-likeness (QED) is 0.355. The fourth-order valence-electron chi connectivity index (χ4n) is 4.75. The standard InChI is InChI=1S/C15H26O.C14H24O2/c1-6-9-14-13(8-3)12(5)15(16-14)10-11(4)7-2;1-5-8-12-11(7-3)14(15)13(16-12)9-10(4)6-2/h6,8,11-12,14-15H,1,7,9-10H2,2-5H3;5,7,10,12-15H,1,6,8-9H2,2-4H3/t11-,12-,14+,15-;10-,12+,13-,14-/m11/s1. The van der Waals surface area contributed by atoms with E-state index in [0.717, 1.165) is 37.2 Å². The molecule has 0 aromatic rings. The summed E-state index contributed by atoms with van der Waals surface area (Å²) in [7, 11) is 0. The van der Waals surface area contributed by atoms with E-state index in [2.05, 4.69) is 60.8 Å². The Labute approximate surface area is 198 Å². The zero-order chi connectivity index (χ0) is 24.3. The molecule has 2 rings (SSSR count). The number of rotatable bonds is 10. The van der Waals surface area contributed by atoms with Crippen molar-refractivity contribution in [1.29, 1.82) is 0 Å². The molecule has 0 saturated carbocycles. The molecule has 8 atom stereocenters. The normalized spacial score (nSPS) is 34.2. The van der Waals surface area contributed by atoms with E-state index in [1.807, 2.05) is 25.2 Å². The van der Waals surface area contributed by atoms with Gasteiger partial charge in [-0.05, 0) is 62.5 Å². The predicted molar refractivity (Wildman–Crippen MR) is 138 cm³/mol. The van der Waals surface area contributed by atoms with Crippen LogP contribution in [0.3, 0.4) is 0 Å². The highest BCUT2D eigenvalue weighted by Gasteiger charge is 2.38. The van der Waals surface area contributed by atoms with Crippen molar-refractivity contribution in [3.05, 3.63) is 48.6 Å². The first kappa shape index (κ1) is 28.9. The summed E-state index contributed by atoms with van der Waals surface area (Å²) in [6.45, 7) is 22.9. The zero-order valence-electron chi connectivity index (χ0n) is 21.8. The van der Waals surface area contributed by atoms with Crippen molar-refractivity contribution >= 4 is 0 Å². The monoisotopic (exact) mass is 446 g/mol. The SMILES string of the molecule is C=CC[C@@H]1O[C@H](C[C@H](C)CC)[C@H](C)C1=CC.C=CC[C@@H]1O[C@H](C[C@H](C)CC)[C@H](O)C1=CC. The Morgan fingerprint density at radius 2 is 1.28 bits per heavy atom. The van der Waals surface area contributed by atoms with Crippen LogP contribution in [0.5, 0.6) is 0 Å². The lowest BCUT2D eigenvalue weighted by Gasteiger charge is -2.18. The second-order valence-electron chi connectivity index (χ2n) is 9.68. The largest absolute Gasteiger partial charge is 0.386 e. The van der Waals surface area contributed by atoms with Crippen LogP contribution < -0.4 is 0 Å². The summed E-state index contributed by atoms with van der Waals surface area (Å²) in [5.74, 6) is 1.93. The Hall–Kier alpha value is -1.16. The first-order valence-corrected chi connectivity index (χ1v) is 12.8. The lowest BCUT2D eigenvalue weighted by molar-refractivity contribution is -0.00170. The van der Waals surface area contributed by atoms with Gasteiger partial charge in [-0.3, -0.25) is 0 Å². The van der Waals surface area contributed by atoms with Gasteiger partial charge in [0.2, 0.25) is 0 Å². The van der Waals surface area contributed by atoms with E-state index in [9.17, 15) is 5.11 Å². The van der Waals surface area contributed by atoms with Crippen LogP contribution in [0.2, 0.25) is 0 Å². The van der Waals surface area contributed by atoms with Crippen LogP contribution >= 0.6 is 0 Å². The van der Waals surface area contributed by atoms with E-state index in [1.54, 1.807) is 0 Å². The Kier molecular flexibility index (Phi) is 13.4. The molecule has 0 spiro atoms. The second-order valence-corrected chi connectivity index (χ2v) is 9.68. The van der Waals surface area contributed by atoms with Crippen LogP contribution in [-0.4, -0.2) is 35.6 Å². The maximum absolute atomic E-state index is 10.2. The molecule has 3 heteroatoms. The molecule has 2 saturated heterocycles. The average Bonchev–Trinajstić information content (AvgIpc) is 3.23. The van der Waals surface area contributed by atoms with Crippen LogP contribution in [0, 0.1) is 17.8 Å². The van der Waals surface area contributed by atoms with Crippen molar-refractivity contribution < 1.29 is 14.6 Å². The highest BCUT2D eigenvalue weighted by atomic mass is 16.5. The first-order chi connectivity index (χ1) is 15.3. The maximum atomic E-state index is 10.2. The molecule has 0 unspecified atom stereocenters. The van der Waals surface area contributed by atoms with Gasteiger partial charge in [0, 0.05) is 5.92 Å². The summed E-state index contributed by atoms with van der Waals surface area (Å²) < 4.78 is 12.1. The third-order valence-corrected chi connectivity index (χ3v) is 7.29. The molecule has 184 valence electrons. The zero-order valence-corrected chi connectivity index (χ0v) is 21.8. The summed E-state index contributed by atoms with van der Waals surface area (Å²) in [5.41, 5.74) is 2.49. The molecule has 2 aliphatic rings. The second kappa shape index (κ2) is 14.9. The molecule has 0 aromatic heterocycles. The molecule has 2 heterocycles. The van der Waals surface area contributed by atoms with Crippen LogP contribution in [0.1, 0.15) is 87.0 Å². The van der Waals surface area contributed by atoms with Gasteiger partial charge >= 0.3 is 0 Å². The fraction of sp³-hybridized carbons (Fsp3) is 0.724. The van der Waals surface area contributed by atoms with Crippen molar-refractivity contribution in [1.82, 2.24) is 0 Å². The van der Waals surface area contributed by atoms with Crippen LogP contribution in [0.4, 0.5) is 0 Å². The van der Waals surface area contributed by atoms with E-state index in [4.69, 9.17) is 9.47 Å². The van der Waals surface area contributed by atoms with Gasteiger partial charge in [0.25, 0.3) is 0 Å². The third kappa shape index (κ3) is 8.01. The molecule has 0 bridgehead atoms. The predicted octanol–water partition coefficient (Wildman–Crippen LogP) is 7.42. The third-order valence-electron chi connectivity index (χ3n) is 7.29. The highest BCUT2D eigenvalue weighted by molar-refractivity contribution is 5.21. The van der Waals surface area contributed by atoms with E-state index < -0.39 is 6.10 Å². The van der Waals surface area contributed by atoms with Gasteiger partial charge in [-0.25, -0.2) is 0 Å². The van der Waals surface area contributed by atoms with Gasteiger partial charge in [-0.15, -0.1) is 13.2 Å². The summed E-state index contributed by atoms with van der Waals surface area (Å²) in [6, 6.07) is 0. The Balaban J connectivity index is 0.000000320. The molecule has 32 heavy (non-hydrogen) atoms. The van der Waals surface area contributed by atoms with Gasteiger partial charge in [-0.1, -0.05) is 71.8 Å². The summed E-state index contributed by atoms with van der Waals surface area (Å²) >= 11 is 0. The van der Waals surface area contributed by atoms with Crippen molar-refractivity contribution in [2.24, 2.45) is 17.8 Å². The smallest absolute Gasteiger partial charge is 0.104 e. The van der Waals surface area contributed by atoms with Gasteiger partial charge in [-0.2, -0.15) is 0 Å². The minimum atomic E-state index is -0.427. The van der Waals surface area contributed by atoms with Crippen LogP contribution in [0.15, 0.2) is 48.6 Å². The maximum Gasteiger partial charge on any atom is 0.104 e.